The molecule has 0 saturated heterocycles. The highest BCUT2D eigenvalue weighted by Gasteiger charge is 2.24. The van der Waals surface area contributed by atoms with Gasteiger partial charge in [-0.2, -0.15) is 0 Å². The first-order valence-electron chi connectivity index (χ1n) is 13.7. The molecule has 0 unspecified atom stereocenters. The van der Waals surface area contributed by atoms with Gasteiger partial charge in [-0.25, -0.2) is 4.98 Å². The van der Waals surface area contributed by atoms with Crippen LogP contribution < -0.4 is 10.9 Å². The van der Waals surface area contributed by atoms with E-state index < -0.39 is 34.9 Å². The van der Waals surface area contributed by atoms with Crippen molar-refractivity contribution in [1.82, 2.24) is 19.4 Å². The van der Waals surface area contributed by atoms with Crippen LogP contribution in [0.5, 0.6) is 0 Å². The molecule has 2 aromatic rings. The van der Waals surface area contributed by atoms with Crippen LogP contribution in [0.4, 0.5) is 0 Å². The van der Waals surface area contributed by atoms with Crippen LogP contribution in [0.3, 0.4) is 0 Å². The molecule has 10 nitrogen and oxygen atoms in total. The van der Waals surface area contributed by atoms with Gasteiger partial charge in [0.25, 0.3) is 11.5 Å². The summed E-state index contributed by atoms with van der Waals surface area (Å²) in [6.07, 6.45) is 7.71. The number of aryl methyl sites for hydroxylation is 1. The van der Waals surface area contributed by atoms with Crippen molar-refractivity contribution < 1.29 is 24.0 Å². The number of ketones is 4. The van der Waals surface area contributed by atoms with Gasteiger partial charge >= 0.3 is 0 Å². The molecule has 212 valence electrons. The van der Waals surface area contributed by atoms with E-state index in [4.69, 9.17) is 0 Å². The molecule has 10 heteroatoms. The van der Waals surface area contributed by atoms with Gasteiger partial charge in [0.2, 0.25) is 0 Å². The predicted octanol–water partition coefficient (Wildman–Crippen LogP) is 3.00. The number of Topliss-reactive ketones (excluding diaryl/α,β-unsaturated/α-hetero) is 4. The van der Waals surface area contributed by atoms with Crippen LogP contribution in [0.1, 0.15) is 88.2 Å². The highest BCUT2D eigenvalue weighted by molar-refractivity contribution is 6.37. The lowest BCUT2D eigenvalue weighted by atomic mass is 9.96. The zero-order chi connectivity index (χ0) is 28.9. The van der Waals surface area contributed by atoms with Crippen molar-refractivity contribution >= 4 is 29.0 Å². The van der Waals surface area contributed by atoms with Gasteiger partial charge in [0.15, 0.2) is 23.1 Å². The molecule has 1 N–H and O–H groups in total. The number of nitrogens with one attached hydrogen (secondary N) is 1. The second kappa shape index (κ2) is 15.7. The lowest BCUT2D eigenvalue weighted by molar-refractivity contribution is -0.136. The van der Waals surface area contributed by atoms with Crippen molar-refractivity contribution in [2.45, 2.75) is 91.1 Å². The van der Waals surface area contributed by atoms with Crippen LogP contribution in [0.15, 0.2) is 35.6 Å². The van der Waals surface area contributed by atoms with Gasteiger partial charge in [0, 0.05) is 44.5 Å². The van der Waals surface area contributed by atoms with Crippen LogP contribution in [-0.2, 0) is 39.2 Å². The van der Waals surface area contributed by atoms with Gasteiger partial charge in [0.05, 0.1) is 25.1 Å². The molecule has 2 heterocycles. The van der Waals surface area contributed by atoms with Gasteiger partial charge in [0.1, 0.15) is 5.69 Å². The molecular formula is C29H40N4O6. The Hall–Kier alpha value is -3.69. The molecule has 0 aliphatic rings. The van der Waals surface area contributed by atoms with Crippen molar-refractivity contribution in [3.8, 4) is 0 Å². The van der Waals surface area contributed by atoms with Crippen LogP contribution in [0.25, 0.3) is 0 Å². The average molecular weight is 541 g/mol. The third-order valence-corrected chi connectivity index (χ3v) is 7.07. The zero-order valence-electron chi connectivity index (χ0n) is 23.4. The standard InChI is InChI=1S/C29H40N4O6/c1-5-20(6-2)13-14-22(34)18-33-15-9-10-21(29(33)39)16-27(37)23(11-8-12-26(36)25(35)7-3)31-28(38)24-17-30-19-32(24)4/h9-10,15,17,19-20,23H,5-8,11-14,16,18H2,1-4H3,(H,31,38)/t23-/m0/s1. The quantitative estimate of drug-likeness (QED) is 0.287. The number of nitrogens with zero attached hydrogens (tertiary/aromatic N) is 3. The predicted molar refractivity (Wildman–Crippen MR) is 146 cm³/mol. The van der Waals surface area contributed by atoms with E-state index in [1.165, 1.54) is 33.9 Å². The Morgan fingerprint density at radius 2 is 1.72 bits per heavy atom. The zero-order valence-corrected chi connectivity index (χ0v) is 23.4. The van der Waals surface area contributed by atoms with Gasteiger partial charge < -0.3 is 14.5 Å². The molecule has 39 heavy (non-hydrogen) atoms. The smallest absolute Gasteiger partial charge is 0.270 e. The van der Waals surface area contributed by atoms with E-state index in [0.29, 0.717) is 12.3 Å². The molecule has 2 rings (SSSR count). The number of imidazole rings is 1. The lowest BCUT2D eigenvalue weighted by Gasteiger charge is -2.18. The summed E-state index contributed by atoms with van der Waals surface area (Å²) in [6.45, 7) is 5.74. The minimum Gasteiger partial charge on any atom is -0.341 e. The van der Waals surface area contributed by atoms with Crippen LogP contribution >= 0.6 is 0 Å². The van der Waals surface area contributed by atoms with Crippen molar-refractivity contribution in [3.05, 3.63) is 52.5 Å². The monoisotopic (exact) mass is 540 g/mol. The number of amides is 1. The number of hydrogen-bond acceptors (Lipinski definition) is 7. The highest BCUT2D eigenvalue weighted by Crippen LogP contribution is 2.15. The fourth-order valence-corrected chi connectivity index (χ4v) is 4.41. The summed E-state index contributed by atoms with van der Waals surface area (Å²) in [4.78, 5) is 79.2. The summed E-state index contributed by atoms with van der Waals surface area (Å²) in [5, 5.41) is 2.69. The van der Waals surface area contributed by atoms with E-state index in [0.717, 1.165) is 19.3 Å². The minimum absolute atomic E-state index is 0.0325. The fourth-order valence-electron chi connectivity index (χ4n) is 4.41. The third kappa shape index (κ3) is 9.53. The van der Waals surface area contributed by atoms with E-state index in [1.54, 1.807) is 20.0 Å². The number of rotatable bonds is 18. The van der Waals surface area contributed by atoms with Crippen molar-refractivity contribution in [3.63, 3.8) is 0 Å². The van der Waals surface area contributed by atoms with E-state index in [9.17, 15) is 28.8 Å². The lowest BCUT2D eigenvalue weighted by Crippen LogP contribution is -2.43. The molecule has 0 radical (unpaired) electrons. The molecule has 0 spiro atoms. The number of carbonyl (C=O) groups excluding carboxylic acids is 5. The second-order valence-electron chi connectivity index (χ2n) is 9.88. The number of hydrogen-bond donors (Lipinski definition) is 1. The Morgan fingerprint density at radius 1 is 1.00 bits per heavy atom. The molecule has 1 amide bonds. The molecular weight excluding hydrogens is 500 g/mol. The maximum Gasteiger partial charge on any atom is 0.270 e. The molecule has 0 fully saturated rings. The molecule has 0 aliphatic heterocycles. The van der Waals surface area contributed by atoms with Crippen molar-refractivity contribution in [1.29, 1.82) is 0 Å². The summed E-state index contributed by atoms with van der Waals surface area (Å²) < 4.78 is 2.83. The average Bonchev–Trinajstić information content (AvgIpc) is 3.36. The summed E-state index contributed by atoms with van der Waals surface area (Å²) in [5.74, 6) is -1.48. The first-order valence-corrected chi connectivity index (χ1v) is 13.7. The topological polar surface area (TPSA) is 137 Å². The highest BCUT2D eigenvalue weighted by atomic mass is 16.2. The number of aromatic nitrogens is 3. The third-order valence-electron chi connectivity index (χ3n) is 7.07. The van der Waals surface area contributed by atoms with Crippen LogP contribution in [0.2, 0.25) is 0 Å². The molecule has 0 aliphatic carbocycles. The Labute approximate surface area is 229 Å². The van der Waals surface area contributed by atoms with Gasteiger partial charge in [-0.3, -0.25) is 28.8 Å². The van der Waals surface area contributed by atoms with Gasteiger partial charge in [-0.15, -0.1) is 0 Å². The Balaban J connectivity index is 2.14. The Morgan fingerprint density at radius 3 is 2.33 bits per heavy atom. The van der Waals surface area contributed by atoms with Crippen LogP contribution in [0, 0.1) is 5.92 Å². The second-order valence-corrected chi connectivity index (χ2v) is 9.88. The molecule has 2 aromatic heterocycles. The van der Waals surface area contributed by atoms with E-state index >= 15 is 0 Å². The summed E-state index contributed by atoms with van der Waals surface area (Å²) >= 11 is 0. The van der Waals surface area contributed by atoms with Gasteiger partial charge in [-0.05, 0) is 31.2 Å². The summed E-state index contributed by atoms with van der Waals surface area (Å²) in [5.41, 5.74) is 0.0356. The van der Waals surface area contributed by atoms with Crippen LogP contribution in [-0.4, -0.2) is 49.2 Å². The van der Waals surface area contributed by atoms with E-state index in [2.05, 4.69) is 24.1 Å². The number of carbonyl (C=O) groups is 5. The fraction of sp³-hybridized carbons (Fsp3) is 0.552. The maximum absolute atomic E-state index is 13.3. The Kier molecular flexibility index (Phi) is 12.7. The molecule has 0 bridgehead atoms. The summed E-state index contributed by atoms with van der Waals surface area (Å²) in [6, 6.07) is 2.18. The minimum atomic E-state index is -0.980. The largest absolute Gasteiger partial charge is 0.341 e. The Bertz CT molecular complexity index is 1220. The van der Waals surface area contributed by atoms with Crippen molar-refractivity contribution in [2.75, 3.05) is 0 Å². The van der Waals surface area contributed by atoms with E-state index in [-0.39, 0.29) is 55.7 Å². The normalized spacial score (nSPS) is 11.8. The van der Waals surface area contributed by atoms with Gasteiger partial charge in [-0.1, -0.05) is 39.7 Å². The molecule has 0 aromatic carbocycles. The van der Waals surface area contributed by atoms with Crippen molar-refractivity contribution in [2.24, 2.45) is 13.0 Å². The number of pyridine rings is 1. The summed E-state index contributed by atoms with van der Waals surface area (Å²) in [7, 11) is 1.64. The molecule has 1 atom stereocenters. The van der Waals surface area contributed by atoms with E-state index in [1.807, 2.05) is 0 Å². The first-order chi connectivity index (χ1) is 18.6. The maximum atomic E-state index is 13.3. The SMILES string of the molecule is CCC(=O)C(=O)CCC[C@H](NC(=O)c1cncn1C)C(=O)Cc1cccn(CC(=O)CCC(CC)CC)c1=O. The molecule has 0 saturated carbocycles. The first kappa shape index (κ1) is 31.5.